The number of hydrogen-bond acceptors (Lipinski definition) is 3. The summed E-state index contributed by atoms with van der Waals surface area (Å²) in [6.45, 7) is 12.1. The van der Waals surface area contributed by atoms with Gasteiger partial charge in [-0.25, -0.2) is 4.99 Å². The van der Waals surface area contributed by atoms with Gasteiger partial charge < -0.3 is 10.5 Å². The third-order valence-electron chi connectivity index (χ3n) is 3.09. The van der Waals surface area contributed by atoms with Crippen LogP contribution in [0.15, 0.2) is 42.4 Å². The van der Waals surface area contributed by atoms with Gasteiger partial charge in [0.2, 0.25) is 0 Å². The normalized spacial score (nSPS) is 21.5. The van der Waals surface area contributed by atoms with Gasteiger partial charge in [0.15, 0.2) is 0 Å². The standard InChI is InChI=1S/C14H18N2O.C2H4/c1-4-6-11-7-5-8-12(9(11)2)13-10(3)16-14(15)17-13;1-2/h4-8,10,13H,1-3H3,(H2,15,16);1-2H2/b6-4-;. The van der Waals surface area contributed by atoms with Crippen molar-refractivity contribution in [3.63, 3.8) is 0 Å². The number of benzene rings is 1. The highest BCUT2D eigenvalue weighted by Gasteiger charge is 2.28. The molecule has 1 aliphatic rings. The Hall–Kier alpha value is -2.03. The van der Waals surface area contributed by atoms with Crippen LogP contribution in [0, 0.1) is 6.92 Å². The summed E-state index contributed by atoms with van der Waals surface area (Å²) < 4.78 is 5.58. The van der Waals surface area contributed by atoms with Gasteiger partial charge >= 0.3 is 0 Å². The molecule has 1 aliphatic heterocycles. The van der Waals surface area contributed by atoms with Crippen molar-refractivity contribution in [3.8, 4) is 0 Å². The molecule has 3 heteroatoms. The minimum Gasteiger partial charge on any atom is -0.455 e. The molecule has 0 saturated carbocycles. The molecule has 1 heterocycles. The molecule has 0 radical (unpaired) electrons. The number of nitrogens with zero attached hydrogens (tertiary/aromatic N) is 1. The van der Waals surface area contributed by atoms with Crippen LogP contribution in [0.5, 0.6) is 0 Å². The zero-order chi connectivity index (χ0) is 14.4. The molecule has 0 aromatic heterocycles. The highest BCUT2D eigenvalue weighted by molar-refractivity contribution is 5.74. The fourth-order valence-electron chi connectivity index (χ4n) is 2.19. The van der Waals surface area contributed by atoms with Gasteiger partial charge in [-0.3, -0.25) is 0 Å². The predicted molar refractivity (Wildman–Crippen MR) is 82.1 cm³/mol. The number of rotatable bonds is 2. The fraction of sp³-hybridized carbons (Fsp3) is 0.312. The van der Waals surface area contributed by atoms with Crippen molar-refractivity contribution in [1.82, 2.24) is 0 Å². The lowest BCUT2D eigenvalue weighted by Crippen LogP contribution is -2.15. The molecule has 0 spiro atoms. The monoisotopic (exact) mass is 258 g/mol. The van der Waals surface area contributed by atoms with Crippen LogP contribution in [0.4, 0.5) is 0 Å². The van der Waals surface area contributed by atoms with Crippen LogP contribution in [0.25, 0.3) is 6.08 Å². The Morgan fingerprint density at radius 2 is 2.05 bits per heavy atom. The van der Waals surface area contributed by atoms with E-state index in [1.165, 1.54) is 11.1 Å². The molecule has 102 valence electrons. The van der Waals surface area contributed by atoms with E-state index in [-0.39, 0.29) is 12.1 Å². The zero-order valence-corrected chi connectivity index (χ0v) is 11.9. The summed E-state index contributed by atoms with van der Waals surface area (Å²) in [5.41, 5.74) is 9.22. The molecule has 2 unspecified atom stereocenters. The van der Waals surface area contributed by atoms with Gasteiger partial charge in [-0.05, 0) is 37.5 Å². The van der Waals surface area contributed by atoms with E-state index in [0.717, 1.165) is 5.56 Å². The highest BCUT2D eigenvalue weighted by atomic mass is 16.5. The second-order valence-electron chi connectivity index (χ2n) is 4.31. The van der Waals surface area contributed by atoms with E-state index in [1.54, 1.807) is 0 Å². The van der Waals surface area contributed by atoms with Crippen LogP contribution >= 0.6 is 0 Å². The highest BCUT2D eigenvalue weighted by Crippen LogP contribution is 2.31. The van der Waals surface area contributed by atoms with Crippen molar-refractivity contribution in [2.75, 3.05) is 0 Å². The average Bonchev–Trinajstić information content (AvgIpc) is 2.74. The molecule has 3 nitrogen and oxygen atoms in total. The Kier molecular flexibility index (Phi) is 5.37. The Labute approximate surface area is 115 Å². The fourth-order valence-corrected chi connectivity index (χ4v) is 2.19. The molecular weight excluding hydrogens is 236 g/mol. The summed E-state index contributed by atoms with van der Waals surface area (Å²) in [6, 6.07) is 6.59. The molecule has 0 amide bonds. The Balaban J connectivity index is 0.000000861. The molecule has 1 aromatic carbocycles. The summed E-state index contributed by atoms with van der Waals surface area (Å²) >= 11 is 0. The molecule has 0 bridgehead atoms. The second-order valence-corrected chi connectivity index (χ2v) is 4.31. The van der Waals surface area contributed by atoms with E-state index in [1.807, 2.05) is 26.0 Å². The van der Waals surface area contributed by atoms with Gasteiger partial charge in [0, 0.05) is 0 Å². The number of ether oxygens (including phenoxy) is 1. The molecule has 19 heavy (non-hydrogen) atoms. The first kappa shape index (κ1) is 15.0. The van der Waals surface area contributed by atoms with E-state index >= 15 is 0 Å². The van der Waals surface area contributed by atoms with Crippen molar-refractivity contribution in [2.24, 2.45) is 10.7 Å². The Bertz CT molecular complexity index is 492. The molecule has 2 N–H and O–H groups in total. The minimum absolute atomic E-state index is 0.0554. The Morgan fingerprint density at radius 3 is 2.58 bits per heavy atom. The minimum atomic E-state index is -0.0554. The second kappa shape index (κ2) is 6.78. The molecule has 2 rings (SSSR count). The van der Waals surface area contributed by atoms with E-state index in [9.17, 15) is 0 Å². The Morgan fingerprint density at radius 1 is 1.37 bits per heavy atom. The summed E-state index contributed by atoms with van der Waals surface area (Å²) in [4.78, 5) is 4.22. The van der Waals surface area contributed by atoms with Gasteiger partial charge in [0.05, 0.1) is 6.04 Å². The molecule has 0 fully saturated rings. The maximum Gasteiger partial charge on any atom is 0.283 e. The van der Waals surface area contributed by atoms with Crippen LogP contribution < -0.4 is 5.73 Å². The van der Waals surface area contributed by atoms with Gasteiger partial charge in [-0.1, -0.05) is 30.4 Å². The van der Waals surface area contributed by atoms with E-state index in [2.05, 4.69) is 43.3 Å². The number of allylic oxidation sites excluding steroid dienone is 1. The summed E-state index contributed by atoms with van der Waals surface area (Å²) in [6.07, 6.45) is 4.08. The van der Waals surface area contributed by atoms with Crippen molar-refractivity contribution in [1.29, 1.82) is 0 Å². The van der Waals surface area contributed by atoms with Gasteiger partial charge in [0.25, 0.3) is 6.02 Å². The third-order valence-corrected chi connectivity index (χ3v) is 3.09. The number of hydrogen-bond donors (Lipinski definition) is 1. The van der Waals surface area contributed by atoms with Crippen LogP contribution in [-0.2, 0) is 4.74 Å². The van der Waals surface area contributed by atoms with Gasteiger partial charge in [-0.2, -0.15) is 0 Å². The van der Waals surface area contributed by atoms with Crippen LogP contribution in [0.1, 0.15) is 36.6 Å². The molecular formula is C16H22N2O. The van der Waals surface area contributed by atoms with Crippen molar-refractivity contribution in [2.45, 2.75) is 32.9 Å². The number of amidine groups is 1. The zero-order valence-electron chi connectivity index (χ0n) is 11.9. The van der Waals surface area contributed by atoms with Crippen molar-refractivity contribution >= 4 is 12.1 Å². The largest absolute Gasteiger partial charge is 0.455 e. The van der Waals surface area contributed by atoms with E-state index < -0.39 is 0 Å². The number of aliphatic imine (C=N–C) groups is 1. The summed E-state index contributed by atoms with van der Waals surface area (Å²) in [7, 11) is 0. The number of nitrogens with two attached hydrogens (primary N) is 1. The molecule has 0 aliphatic carbocycles. The van der Waals surface area contributed by atoms with E-state index in [4.69, 9.17) is 10.5 Å². The first-order valence-corrected chi connectivity index (χ1v) is 6.35. The summed E-state index contributed by atoms with van der Waals surface area (Å²) in [5, 5.41) is 0. The predicted octanol–water partition coefficient (Wildman–Crippen LogP) is 3.60. The van der Waals surface area contributed by atoms with E-state index in [0.29, 0.717) is 6.02 Å². The van der Waals surface area contributed by atoms with Gasteiger partial charge in [0.1, 0.15) is 6.10 Å². The lowest BCUT2D eigenvalue weighted by molar-refractivity contribution is 0.198. The SMILES string of the molecule is C/C=C\c1cccc(C2OC(N)=NC2C)c1C.C=C. The van der Waals surface area contributed by atoms with Gasteiger partial charge in [-0.15, -0.1) is 13.2 Å². The van der Waals surface area contributed by atoms with Crippen LogP contribution in [0.3, 0.4) is 0 Å². The molecule has 0 saturated heterocycles. The van der Waals surface area contributed by atoms with Crippen LogP contribution in [-0.4, -0.2) is 12.1 Å². The van der Waals surface area contributed by atoms with Crippen molar-refractivity contribution in [3.05, 3.63) is 54.1 Å². The third kappa shape index (κ3) is 3.25. The maximum absolute atomic E-state index is 5.61. The quantitative estimate of drug-likeness (QED) is 0.824. The average molecular weight is 258 g/mol. The lowest BCUT2D eigenvalue weighted by atomic mass is 9.95. The smallest absolute Gasteiger partial charge is 0.283 e. The van der Waals surface area contributed by atoms with Crippen LogP contribution in [0.2, 0.25) is 0 Å². The lowest BCUT2D eigenvalue weighted by Gasteiger charge is -2.18. The molecule has 2 atom stereocenters. The topological polar surface area (TPSA) is 47.6 Å². The first-order valence-electron chi connectivity index (χ1n) is 6.35. The maximum atomic E-state index is 5.61. The summed E-state index contributed by atoms with van der Waals surface area (Å²) in [5.74, 6) is 0. The van der Waals surface area contributed by atoms with Crippen molar-refractivity contribution < 1.29 is 4.74 Å². The molecule has 1 aromatic rings. The first-order chi connectivity index (χ1) is 9.13.